The molecule has 0 heterocycles. The zero-order valence-electron chi connectivity index (χ0n) is 13.9. The number of nitrogens with one attached hydrogen (secondary N) is 1. The van der Waals surface area contributed by atoms with Crippen LogP contribution in [0.25, 0.3) is 0 Å². The Morgan fingerprint density at radius 2 is 1.62 bits per heavy atom. The molecule has 2 rings (SSSR count). The molecule has 0 bridgehead atoms. The third-order valence-corrected chi connectivity index (χ3v) is 4.22. The Hall–Kier alpha value is -1.60. The van der Waals surface area contributed by atoms with Crippen LogP contribution in [0.3, 0.4) is 0 Å². The Kier molecular flexibility index (Phi) is 5.19. The minimum atomic E-state index is 0.379. The minimum Gasteiger partial charge on any atom is -0.307 e. The van der Waals surface area contributed by atoms with Crippen LogP contribution in [0.15, 0.2) is 42.5 Å². The first-order valence-electron chi connectivity index (χ1n) is 7.85. The van der Waals surface area contributed by atoms with E-state index in [4.69, 9.17) is 0 Å². The van der Waals surface area contributed by atoms with E-state index >= 15 is 0 Å². The highest BCUT2D eigenvalue weighted by Gasteiger charge is 2.12. The number of hydrogen-bond acceptors (Lipinski definition) is 1. The molecule has 2 atom stereocenters. The molecule has 0 aliphatic heterocycles. The lowest BCUT2D eigenvalue weighted by atomic mass is 9.97. The van der Waals surface area contributed by atoms with Gasteiger partial charge < -0.3 is 5.32 Å². The van der Waals surface area contributed by atoms with Gasteiger partial charge in [0.05, 0.1) is 0 Å². The maximum Gasteiger partial charge on any atom is 0.0297 e. The van der Waals surface area contributed by atoms with Crippen molar-refractivity contribution in [3.8, 4) is 0 Å². The van der Waals surface area contributed by atoms with Crippen molar-refractivity contribution in [2.24, 2.45) is 0 Å². The van der Waals surface area contributed by atoms with Crippen LogP contribution in [0.1, 0.15) is 47.7 Å². The van der Waals surface area contributed by atoms with Gasteiger partial charge >= 0.3 is 0 Å². The lowest BCUT2D eigenvalue weighted by Gasteiger charge is -2.23. The van der Waals surface area contributed by atoms with E-state index in [-0.39, 0.29) is 0 Å². The van der Waals surface area contributed by atoms with Crippen molar-refractivity contribution in [2.45, 2.75) is 53.1 Å². The van der Waals surface area contributed by atoms with Crippen LogP contribution in [-0.4, -0.2) is 6.04 Å². The van der Waals surface area contributed by atoms with Crippen molar-refractivity contribution < 1.29 is 0 Å². The second kappa shape index (κ2) is 6.91. The average Bonchev–Trinajstić information content (AvgIpc) is 2.44. The summed E-state index contributed by atoms with van der Waals surface area (Å²) in [5, 5.41) is 3.74. The van der Waals surface area contributed by atoms with Crippen molar-refractivity contribution in [3.05, 3.63) is 70.3 Å². The smallest absolute Gasteiger partial charge is 0.0297 e. The summed E-state index contributed by atoms with van der Waals surface area (Å²) in [6, 6.07) is 16.2. The molecule has 0 spiro atoms. The molecule has 0 aromatic heterocycles. The van der Waals surface area contributed by atoms with Gasteiger partial charge in [-0.05, 0) is 63.3 Å². The van der Waals surface area contributed by atoms with Gasteiger partial charge in [-0.25, -0.2) is 0 Å². The second-order valence-corrected chi connectivity index (χ2v) is 6.28. The second-order valence-electron chi connectivity index (χ2n) is 6.28. The van der Waals surface area contributed by atoms with E-state index in [2.05, 4.69) is 82.4 Å². The van der Waals surface area contributed by atoms with E-state index in [0.717, 1.165) is 6.42 Å². The quantitative estimate of drug-likeness (QED) is 0.822. The van der Waals surface area contributed by atoms with E-state index in [1.165, 1.54) is 27.8 Å². The number of aryl methyl sites for hydroxylation is 3. The van der Waals surface area contributed by atoms with Crippen LogP contribution in [0.4, 0.5) is 0 Å². The van der Waals surface area contributed by atoms with Crippen molar-refractivity contribution in [1.82, 2.24) is 5.32 Å². The number of rotatable bonds is 5. The van der Waals surface area contributed by atoms with Crippen LogP contribution in [0.5, 0.6) is 0 Å². The minimum absolute atomic E-state index is 0.379. The van der Waals surface area contributed by atoms with E-state index in [1.54, 1.807) is 0 Å². The van der Waals surface area contributed by atoms with Gasteiger partial charge in [-0.2, -0.15) is 0 Å². The van der Waals surface area contributed by atoms with Gasteiger partial charge in [-0.1, -0.05) is 48.0 Å². The van der Waals surface area contributed by atoms with Crippen molar-refractivity contribution in [1.29, 1.82) is 0 Å². The topological polar surface area (TPSA) is 12.0 Å². The Labute approximate surface area is 129 Å². The normalized spacial score (nSPS) is 14.0. The number of benzene rings is 2. The molecule has 2 aromatic carbocycles. The standard InChI is InChI=1S/C20H27N/c1-14-10-11-16(3)20(12-14)18(5)21-17(4)13-19-9-7-6-8-15(19)2/h6-12,17-18,21H,13H2,1-5H3. The molecular weight excluding hydrogens is 254 g/mol. The van der Waals surface area contributed by atoms with Crippen molar-refractivity contribution in [3.63, 3.8) is 0 Å². The molecule has 0 aliphatic carbocycles. The summed E-state index contributed by atoms with van der Waals surface area (Å²) in [4.78, 5) is 0. The lowest BCUT2D eigenvalue weighted by molar-refractivity contribution is 0.475. The van der Waals surface area contributed by atoms with E-state index in [9.17, 15) is 0 Å². The molecule has 1 heteroatoms. The highest BCUT2D eigenvalue weighted by Crippen LogP contribution is 2.20. The summed E-state index contributed by atoms with van der Waals surface area (Å²) in [5.74, 6) is 0. The molecule has 2 unspecified atom stereocenters. The first-order chi connectivity index (χ1) is 9.97. The summed E-state index contributed by atoms with van der Waals surface area (Å²) in [5.41, 5.74) is 6.92. The Balaban J connectivity index is 2.04. The predicted molar refractivity (Wildman–Crippen MR) is 91.8 cm³/mol. The largest absolute Gasteiger partial charge is 0.307 e. The molecule has 21 heavy (non-hydrogen) atoms. The van der Waals surface area contributed by atoms with Gasteiger partial charge in [0, 0.05) is 12.1 Å². The van der Waals surface area contributed by atoms with Crippen molar-refractivity contribution in [2.75, 3.05) is 0 Å². The first-order valence-corrected chi connectivity index (χ1v) is 7.85. The molecule has 1 nitrogen and oxygen atoms in total. The van der Waals surface area contributed by atoms with Gasteiger partial charge in [0.1, 0.15) is 0 Å². The highest BCUT2D eigenvalue weighted by atomic mass is 14.9. The molecule has 112 valence electrons. The predicted octanol–water partition coefficient (Wildman–Crippen LogP) is 4.89. The maximum absolute atomic E-state index is 3.74. The summed E-state index contributed by atoms with van der Waals surface area (Å²) in [7, 11) is 0. The molecular formula is C20H27N. The fourth-order valence-electron chi connectivity index (χ4n) is 2.97. The van der Waals surface area contributed by atoms with Gasteiger partial charge in [0.25, 0.3) is 0 Å². The van der Waals surface area contributed by atoms with E-state index in [0.29, 0.717) is 12.1 Å². The summed E-state index contributed by atoms with van der Waals surface area (Å²) < 4.78 is 0. The molecule has 0 amide bonds. The molecule has 2 aromatic rings. The fourth-order valence-corrected chi connectivity index (χ4v) is 2.97. The third kappa shape index (κ3) is 4.18. The van der Waals surface area contributed by atoms with Crippen LogP contribution in [0.2, 0.25) is 0 Å². The molecule has 0 saturated heterocycles. The molecule has 0 radical (unpaired) electrons. The molecule has 0 aliphatic rings. The Morgan fingerprint density at radius 3 is 2.33 bits per heavy atom. The van der Waals surface area contributed by atoms with Gasteiger partial charge in [-0.3, -0.25) is 0 Å². The Bertz CT molecular complexity index is 601. The number of hydrogen-bond donors (Lipinski definition) is 1. The highest BCUT2D eigenvalue weighted by molar-refractivity contribution is 5.33. The van der Waals surface area contributed by atoms with Gasteiger partial charge in [-0.15, -0.1) is 0 Å². The zero-order chi connectivity index (χ0) is 15.4. The van der Waals surface area contributed by atoms with E-state index < -0.39 is 0 Å². The average molecular weight is 281 g/mol. The van der Waals surface area contributed by atoms with Crippen LogP contribution in [0, 0.1) is 20.8 Å². The zero-order valence-corrected chi connectivity index (χ0v) is 13.9. The Morgan fingerprint density at radius 1 is 0.905 bits per heavy atom. The molecule has 0 fully saturated rings. The van der Waals surface area contributed by atoms with Crippen LogP contribution in [-0.2, 0) is 6.42 Å². The SMILES string of the molecule is Cc1ccc(C)c(C(C)NC(C)Cc2ccccc2C)c1. The lowest BCUT2D eigenvalue weighted by Crippen LogP contribution is -2.31. The van der Waals surface area contributed by atoms with Crippen LogP contribution >= 0.6 is 0 Å². The van der Waals surface area contributed by atoms with Crippen molar-refractivity contribution >= 4 is 0 Å². The van der Waals surface area contributed by atoms with Gasteiger partial charge in [0.15, 0.2) is 0 Å². The van der Waals surface area contributed by atoms with Crippen LogP contribution < -0.4 is 5.32 Å². The summed E-state index contributed by atoms with van der Waals surface area (Å²) >= 11 is 0. The summed E-state index contributed by atoms with van der Waals surface area (Å²) in [6.45, 7) is 11.1. The first kappa shape index (κ1) is 15.8. The monoisotopic (exact) mass is 281 g/mol. The van der Waals surface area contributed by atoms with E-state index in [1.807, 2.05) is 0 Å². The molecule has 0 saturated carbocycles. The summed E-state index contributed by atoms with van der Waals surface area (Å²) in [6.07, 6.45) is 1.07. The van der Waals surface area contributed by atoms with Gasteiger partial charge in [0.2, 0.25) is 0 Å². The molecule has 1 N–H and O–H groups in total. The third-order valence-electron chi connectivity index (χ3n) is 4.22. The maximum atomic E-state index is 3.74. The fraction of sp³-hybridized carbons (Fsp3) is 0.400.